The quantitative estimate of drug-likeness (QED) is 0.903. The van der Waals surface area contributed by atoms with Crippen LogP contribution in [0.5, 0.6) is 0 Å². The van der Waals surface area contributed by atoms with Crippen molar-refractivity contribution in [2.75, 3.05) is 23.0 Å². The number of hydrogen-bond donors (Lipinski definition) is 1. The second kappa shape index (κ2) is 5.19. The number of pyridine rings is 1. The minimum absolute atomic E-state index is 0.329. The molecule has 0 bridgehead atoms. The van der Waals surface area contributed by atoms with Crippen molar-refractivity contribution >= 4 is 29.2 Å². The van der Waals surface area contributed by atoms with E-state index in [1.54, 1.807) is 18.5 Å². The first-order valence-corrected chi connectivity index (χ1v) is 7.77. The summed E-state index contributed by atoms with van der Waals surface area (Å²) in [6.45, 7) is 0. The zero-order chi connectivity index (χ0) is 12.4. The van der Waals surface area contributed by atoms with E-state index in [2.05, 4.69) is 15.1 Å². The number of rotatable bonds is 2. The van der Waals surface area contributed by atoms with Crippen molar-refractivity contribution in [1.82, 2.24) is 15.1 Å². The van der Waals surface area contributed by atoms with Crippen LogP contribution in [-0.2, 0) is 0 Å². The summed E-state index contributed by atoms with van der Waals surface area (Å²) in [7, 11) is 0. The van der Waals surface area contributed by atoms with Crippen LogP contribution in [0, 0.1) is 0 Å². The van der Waals surface area contributed by atoms with Crippen LogP contribution in [-0.4, -0.2) is 32.4 Å². The summed E-state index contributed by atoms with van der Waals surface area (Å²) in [6.07, 6.45) is 3.27. The van der Waals surface area contributed by atoms with Crippen molar-refractivity contribution in [2.45, 2.75) is 5.25 Å². The van der Waals surface area contributed by atoms with Crippen molar-refractivity contribution in [3.8, 4) is 11.5 Å². The lowest BCUT2D eigenvalue weighted by Crippen LogP contribution is -2.07. The highest BCUT2D eigenvalue weighted by Crippen LogP contribution is 2.35. The maximum absolute atomic E-state index is 5.69. The molecule has 7 heteroatoms. The van der Waals surface area contributed by atoms with E-state index >= 15 is 0 Å². The molecule has 5 nitrogen and oxygen atoms in total. The van der Waals surface area contributed by atoms with E-state index < -0.39 is 0 Å². The lowest BCUT2D eigenvalue weighted by atomic mass is 10.2. The lowest BCUT2D eigenvalue weighted by Gasteiger charge is -2.16. The molecule has 2 aromatic heterocycles. The summed E-state index contributed by atoms with van der Waals surface area (Å²) in [5.41, 5.74) is 7.04. The van der Waals surface area contributed by atoms with Gasteiger partial charge in [-0.3, -0.25) is 4.98 Å². The largest absolute Gasteiger partial charge is 0.397 e. The SMILES string of the molecule is Nc1cncc(-c2nc(C3CSCCS3)no2)c1. The van der Waals surface area contributed by atoms with Crippen molar-refractivity contribution in [1.29, 1.82) is 0 Å². The topological polar surface area (TPSA) is 77.8 Å². The van der Waals surface area contributed by atoms with Gasteiger partial charge in [-0.25, -0.2) is 0 Å². The number of thioether (sulfide) groups is 2. The van der Waals surface area contributed by atoms with Crippen LogP contribution in [0.4, 0.5) is 5.69 Å². The number of nitrogen functional groups attached to an aromatic ring is 1. The fraction of sp³-hybridized carbons (Fsp3) is 0.364. The molecule has 0 spiro atoms. The summed E-state index contributed by atoms with van der Waals surface area (Å²) in [4.78, 5) is 8.46. The monoisotopic (exact) mass is 280 g/mol. The Kier molecular flexibility index (Phi) is 3.42. The number of anilines is 1. The molecule has 0 radical (unpaired) electrons. The first kappa shape index (κ1) is 11.9. The minimum atomic E-state index is 0.329. The molecule has 0 amide bonds. The minimum Gasteiger partial charge on any atom is -0.397 e. The predicted octanol–water partition coefficient (Wildman–Crippen LogP) is 2.23. The van der Waals surface area contributed by atoms with Gasteiger partial charge in [0.2, 0.25) is 0 Å². The summed E-state index contributed by atoms with van der Waals surface area (Å²) in [6, 6.07) is 1.78. The van der Waals surface area contributed by atoms with Gasteiger partial charge in [-0.15, -0.1) is 11.8 Å². The second-order valence-electron chi connectivity index (χ2n) is 3.90. The van der Waals surface area contributed by atoms with E-state index in [9.17, 15) is 0 Å². The molecule has 3 rings (SSSR count). The van der Waals surface area contributed by atoms with Gasteiger partial charge in [0.15, 0.2) is 5.82 Å². The number of nitrogens with two attached hydrogens (primary N) is 1. The Balaban J connectivity index is 1.84. The van der Waals surface area contributed by atoms with Crippen LogP contribution in [0.1, 0.15) is 11.1 Å². The van der Waals surface area contributed by atoms with Crippen LogP contribution >= 0.6 is 23.5 Å². The van der Waals surface area contributed by atoms with Crippen LogP contribution in [0.2, 0.25) is 0 Å². The fourth-order valence-electron chi connectivity index (χ4n) is 1.69. The Morgan fingerprint density at radius 2 is 2.28 bits per heavy atom. The van der Waals surface area contributed by atoms with E-state index in [1.807, 2.05) is 23.5 Å². The van der Waals surface area contributed by atoms with Gasteiger partial charge >= 0.3 is 0 Å². The molecule has 0 aliphatic carbocycles. The average molecular weight is 280 g/mol. The molecular weight excluding hydrogens is 268 g/mol. The molecule has 3 heterocycles. The van der Waals surface area contributed by atoms with Gasteiger partial charge in [0.25, 0.3) is 5.89 Å². The molecule has 1 unspecified atom stereocenters. The third-order valence-corrected chi connectivity index (χ3v) is 5.30. The van der Waals surface area contributed by atoms with Crippen LogP contribution in [0.3, 0.4) is 0 Å². The molecule has 1 aliphatic heterocycles. The molecule has 2 aromatic rings. The van der Waals surface area contributed by atoms with Crippen molar-refractivity contribution in [2.24, 2.45) is 0 Å². The molecule has 1 saturated heterocycles. The Morgan fingerprint density at radius 1 is 1.33 bits per heavy atom. The van der Waals surface area contributed by atoms with Crippen LogP contribution in [0.15, 0.2) is 23.0 Å². The summed E-state index contributed by atoms with van der Waals surface area (Å²) in [5, 5.41) is 4.39. The molecule has 2 N–H and O–H groups in total. The van der Waals surface area contributed by atoms with Gasteiger partial charge in [-0.2, -0.15) is 16.7 Å². The normalized spacial score (nSPS) is 19.9. The van der Waals surface area contributed by atoms with Gasteiger partial charge in [0.05, 0.1) is 16.5 Å². The highest BCUT2D eigenvalue weighted by Gasteiger charge is 2.22. The number of aromatic nitrogens is 3. The number of hydrogen-bond acceptors (Lipinski definition) is 7. The zero-order valence-corrected chi connectivity index (χ0v) is 11.2. The van der Waals surface area contributed by atoms with E-state index in [1.165, 1.54) is 5.75 Å². The van der Waals surface area contributed by atoms with Gasteiger partial charge in [0, 0.05) is 29.7 Å². The molecule has 1 fully saturated rings. The molecule has 94 valence electrons. The summed E-state index contributed by atoms with van der Waals surface area (Å²) < 4.78 is 5.28. The van der Waals surface area contributed by atoms with Crippen LogP contribution in [0.25, 0.3) is 11.5 Å². The molecule has 0 saturated carbocycles. The summed E-state index contributed by atoms with van der Waals surface area (Å²) >= 11 is 3.81. The molecule has 1 aliphatic rings. The third-order valence-electron chi connectivity index (χ3n) is 2.55. The summed E-state index contributed by atoms with van der Waals surface area (Å²) in [5.74, 6) is 4.63. The third kappa shape index (κ3) is 2.46. The van der Waals surface area contributed by atoms with Crippen molar-refractivity contribution < 1.29 is 4.52 Å². The van der Waals surface area contributed by atoms with E-state index in [0.29, 0.717) is 16.8 Å². The van der Waals surface area contributed by atoms with E-state index in [0.717, 1.165) is 22.9 Å². The number of nitrogens with zero attached hydrogens (tertiary/aromatic N) is 3. The maximum atomic E-state index is 5.69. The molecule has 18 heavy (non-hydrogen) atoms. The first-order valence-electron chi connectivity index (χ1n) is 5.57. The predicted molar refractivity (Wildman–Crippen MR) is 74.5 cm³/mol. The van der Waals surface area contributed by atoms with Gasteiger partial charge in [-0.1, -0.05) is 5.16 Å². The van der Waals surface area contributed by atoms with Crippen molar-refractivity contribution in [3.63, 3.8) is 0 Å². The lowest BCUT2D eigenvalue weighted by molar-refractivity contribution is 0.423. The Bertz CT molecular complexity index is 539. The Morgan fingerprint density at radius 3 is 3.06 bits per heavy atom. The average Bonchev–Trinajstić information content (AvgIpc) is 2.89. The highest BCUT2D eigenvalue weighted by atomic mass is 32.2. The fourth-order valence-corrected chi connectivity index (χ4v) is 4.28. The standard InChI is InChI=1S/C11H12N4OS2/c12-8-3-7(4-13-5-8)11-14-10(15-16-11)9-6-17-1-2-18-9/h3-5,9H,1-2,6,12H2. The van der Waals surface area contributed by atoms with E-state index in [4.69, 9.17) is 10.3 Å². The smallest absolute Gasteiger partial charge is 0.259 e. The molecule has 1 atom stereocenters. The molecule has 0 aromatic carbocycles. The Labute approximate surface area is 113 Å². The maximum Gasteiger partial charge on any atom is 0.259 e. The van der Waals surface area contributed by atoms with E-state index in [-0.39, 0.29) is 0 Å². The van der Waals surface area contributed by atoms with Gasteiger partial charge in [-0.05, 0) is 6.07 Å². The zero-order valence-electron chi connectivity index (χ0n) is 9.57. The van der Waals surface area contributed by atoms with Crippen molar-refractivity contribution in [3.05, 3.63) is 24.3 Å². The van der Waals surface area contributed by atoms with Gasteiger partial charge < -0.3 is 10.3 Å². The molecular formula is C11H12N4OS2. The van der Waals surface area contributed by atoms with Gasteiger partial charge in [0.1, 0.15) is 0 Å². The first-order chi connectivity index (χ1) is 8.83. The highest BCUT2D eigenvalue weighted by molar-refractivity contribution is 8.06. The Hall–Kier alpha value is -1.21. The van der Waals surface area contributed by atoms with Crippen LogP contribution < -0.4 is 5.73 Å². The second-order valence-corrected chi connectivity index (χ2v) is 6.36.